The Hall–Kier alpha value is -2.38. The minimum atomic E-state index is -0.335. The number of benzene rings is 2. The van der Waals surface area contributed by atoms with Crippen molar-refractivity contribution in [3.8, 4) is 0 Å². The third kappa shape index (κ3) is 4.62. The van der Waals surface area contributed by atoms with E-state index in [9.17, 15) is 4.79 Å². The van der Waals surface area contributed by atoms with E-state index in [0.29, 0.717) is 24.5 Å². The van der Waals surface area contributed by atoms with Crippen molar-refractivity contribution in [2.45, 2.75) is 13.0 Å². The molecular weight excluding hydrogens is 418 g/mol. The van der Waals surface area contributed by atoms with E-state index in [1.165, 1.54) is 4.68 Å². The van der Waals surface area contributed by atoms with Gasteiger partial charge in [-0.15, -0.1) is 5.10 Å². The first-order chi connectivity index (χ1) is 12.5. The fourth-order valence-corrected chi connectivity index (χ4v) is 2.81. The van der Waals surface area contributed by atoms with Crippen LogP contribution in [0.5, 0.6) is 0 Å². The molecule has 1 heterocycles. The van der Waals surface area contributed by atoms with Crippen molar-refractivity contribution in [1.82, 2.24) is 20.3 Å². The highest BCUT2D eigenvalue weighted by atomic mass is 79.9. The number of nitrogens with two attached hydrogens (primary N) is 1. The van der Waals surface area contributed by atoms with Gasteiger partial charge in [0.1, 0.15) is 0 Å². The molecule has 0 unspecified atom stereocenters. The number of rotatable bonds is 6. The molecule has 3 rings (SSSR count). The number of aromatic nitrogens is 3. The highest BCUT2D eigenvalue weighted by molar-refractivity contribution is 9.10. The summed E-state index contributed by atoms with van der Waals surface area (Å²) in [4.78, 5) is 12.3. The van der Waals surface area contributed by atoms with Gasteiger partial charge in [0.15, 0.2) is 11.5 Å². The molecule has 26 heavy (non-hydrogen) atoms. The highest BCUT2D eigenvalue weighted by Crippen LogP contribution is 2.14. The quantitative estimate of drug-likeness (QED) is 0.623. The average molecular weight is 435 g/mol. The van der Waals surface area contributed by atoms with Gasteiger partial charge in [0.05, 0.1) is 6.54 Å². The molecule has 3 aromatic rings. The average Bonchev–Trinajstić information content (AvgIpc) is 2.99. The summed E-state index contributed by atoms with van der Waals surface area (Å²) in [6.07, 6.45) is 0.690. The van der Waals surface area contributed by atoms with Crippen LogP contribution < -0.4 is 11.1 Å². The molecule has 0 aliphatic carbocycles. The number of nitrogens with zero attached hydrogens (tertiary/aromatic N) is 3. The van der Waals surface area contributed by atoms with Crippen molar-refractivity contribution in [2.24, 2.45) is 0 Å². The van der Waals surface area contributed by atoms with Gasteiger partial charge in [-0.05, 0) is 41.8 Å². The van der Waals surface area contributed by atoms with E-state index in [-0.39, 0.29) is 17.4 Å². The topological polar surface area (TPSA) is 85.8 Å². The van der Waals surface area contributed by atoms with Crippen molar-refractivity contribution < 1.29 is 4.79 Å². The molecule has 6 nitrogen and oxygen atoms in total. The van der Waals surface area contributed by atoms with Crippen LogP contribution in [-0.2, 0) is 13.0 Å². The maximum Gasteiger partial charge on any atom is 0.275 e. The highest BCUT2D eigenvalue weighted by Gasteiger charge is 2.17. The second-order valence-electron chi connectivity index (χ2n) is 5.74. The molecule has 3 N–H and O–H groups in total. The van der Waals surface area contributed by atoms with Gasteiger partial charge in [0, 0.05) is 16.0 Å². The Labute approximate surface area is 164 Å². The van der Waals surface area contributed by atoms with Gasteiger partial charge in [0.2, 0.25) is 0 Å². The fraction of sp³-hybridized carbons (Fsp3) is 0.167. The summed E-state index contributed by atoms with van der Waals surface area (Å²) in [5.41, 5.74) is 8.27. The van der Waals surface area contributed by atoms with E-state index in [4.69, 9.17) is 17.3 Å². The van der Waals surface area contributed by atoms with Crippen LogP contribution >= 0.6 is 27.5 Å². The molecule has 1 amide bonds. The van der Waals surface area contributed by atoms with Gasteiger partial charge >= 0.3 is 0 Å². The monoisotopic (exact) mass is 433 g/mol. The largest absolute Gasteiger partial charge is 0.382 e. The Bertz CT molecular complexity index is 893. The van der Waals surface area contributed by atoms with Gasteiger partial charge in [-0.2, -0.15) is 0 Å². The first-order valence-corrected chi connectivity index (χ1v) is 9.16. The van der Waals surface area contributed by atoms with Crippen LogP contribution in [0.3, 0.4) is 0 Å². The standard InChI is InChI=1S/C18H17BrClN5O/c19-14-5-1-13(2-6-14)11-25-17(21)16(23-24-25)18(26)22-10-9-12-3-7-15(20)8-4-12/h1-8H,9-11,21H2,(H,22,26). The summed E-state index contributed by atoms with van der Waals surface area (Å²) in [5.74, 6) is -0.0876. The maximum absolute atomic E-state index is 12.3. The second-order valence-corrected chi connectivity index (χ2v) is 7.09. The molecule has 0 radical (unpaired) electrons. The van der Waals surface area contributed by atoms with Crippen molar-refractivity contribution in [2.75, 3.05) is 12.3 Å². The van der Waals surface area contributed by atoms with Crippen molar-refractivity contribution >= 4 is 39.3 Å². The predicted molar refractivity (Wildman–Crippen MR) is 105 cm³/mol. The number of carbonyl (C=O) groups excluding carboxylic acids is 1. The lowest BCUT2D eigenvalue weighted by Gasteiger charge is -2.06. The first kappa shape index (κ1) is 18.4. The number of hydrogen-bond acceptors (Lipinski definition) is 4. The van der Waals surface area contributed by atoms with Gasteiger partial charge in [-0.3, -0.25) is 4.79 Å². The number of carbonyl (C=O) groups is 1. The minimum absolute atomic E-state index is 0.137. The zero-order chi connectivity index (χ0) is 18.5. The lowest BCUT2D eigenvalue weighted by molar-refractivity contribution is 0.0950. The summed E-state index contributed by atoms with van der Waals surface area (Å²) in [6.45, 7) is 0.920. The summed E-state index contributed by atoms with van der Waals surface area (Å²) < 4.78 is 2.51. The van der Waals surface area contributed by atoms with E-state index < -0.39 is 0 Å². The smallest absolute Gasteiger partial charge is 0.275 e. The lowest BCUT2D eigenvalue weighted by atomic mass is 10.1. The molecule has 1 aromatic heterocycles. The Balaban J connectivity index is 1.58. The molecule has 0 fully saturated rings. The Morgan fingerprint density at radius 3 is 2.46 bits per heavy atom. The molecular formula is C18H17BrClN5O. The maximum atomic E-state index is 12.3. The summed E-state index contributed by atoms with van der Waals surface area (Å²) in [6, 6.07) is 15.3. The van der Waals surface area contributed by atoms with E-state index in [2.05, 4.69) is 31.6 Å². The fourth-order valence-electron chi connectivity index (χ4n) is 2.42. The third-order valence-electron chi connectivity index (χ3n) is 3.85. The summed E-state index contributed by atoms with van der Waals surface area (Å²) in [5, 5.41) is 11.4. The van der Waals surface area contributed by atoms with Crippen molar-refractivity contribution in [3.63, 3.8) is 0 Å². The van der Waals surface area contributed by atoms with Gasteiger partial charge in [-0.25, -0.2) is 4.68 Å². The zero-order valence-electron chi connectivity index (χ0n) is 13.8. The third-order valence-corrected chi connectivity index (χ3v) is 4.63. The Kier molecular flexibility index (Phi) is 5.90. The Morgan fingerprint density at radius 1 is 1.12 bits per heavy atom. The van der Waals surface area contributed by atoms with E-state index in [1.807, 2.05) is 48.5 Å². The minimum Gasteiger partial charge on any atom is -0.382 e. The van der Waals surface area contributed by atoms with E-state index in [1.54, 1.807) is 0 Å². The number of nitrogens with one attached hydrogen (secondary N) is 1. The Morgan fingerprint density at radius 2 is 1.77 bits per heavy atom. The van der Waals surface area contributed by atoms with E-state index in [0.717, 1.165) is 15.6 Å². The molecule has 8 heteroatoms. The molecule has 0 aliphatic rings. The van der Waals surface area contributed by atoms with Crippen LogP contribution in [0.2, 0.25) is 5.02 Å². The molecule has 0 aliphatic heterocycles. The van der Waals surface area contributed by atoms with Gasteiger partial charge < -0.3 is 11.1 Å². The molecule has 134 valence electrons. The summed E-state index contributed by atoms with van der Waals surface area (Å²) >= 11 is 9.25. The van der Waals surface area contributed by atoms with Crippen LogP contribution in [0.15, 0.2) is 53.0 Å². The summed E-state index contributed by atoms with van der Waals surface area (Å²) in [7, 11) is 0. The number of nitrogen functional groups attached to an aromatic ring is 1. The molecule has 0 spiro atoms. The number of hydrogen-bond donors (Lipinski definition) is 2. The van der Waals surface area contributed by atoms with Crippen LogP contribution in [0.1, 0.15) is 21.6 Å². The van der Waals surface area contributed by atoms with Crippen LogP contribution in [0, 0.1) is 0 Å². The van der Waals surface area contributed by atoms with E-state index >= 15 is 0 Å². The molecule has 0 bridgehead atoms. The molecule has 0 saturated carbocycles. The number of halogens is 2. The van der Waals surface area contributed by atoms with Crippen molar-refractivity contribution in [1.29, 1.82) is 0 Å². The van der Waals surface area contributed by atoms with Gasteiger partial charge in [0.25, 0.3) is 5.91 Å². The van der Waals surface area contributed by atoms with Crippen molar-refractivity contribution in [3.05, 3.63) is 74.8 Å². The van der Waals surface area contributed by atoms with Crippen LogP contribution in [0.25, 0.3) is 0 Å². The van der Waals surface area contributed by atoms with Crippen LogP contribution in [0.4, 0.5) is 5.82 Å². The van der Waals surface area contributed by atoms with Gasteiger partial charge in [-0.1, -0.05) is 57.0 Å². The normalized spacial score (nSPS) is 10.7. The molecule has 0 saturated heterocycles. The molecule has 2 aromatic carbocycles. The van der Waals surface area contributed by atoms with Crippen LogP contribution in [-0.4, -0.2) is 27.4 Å². The zero-order valence-corrected chi connectivity index (χ0v) is 16.2. The predicted octanol–water partition coefficient (Wildman–Crippen LogP) is 3.30. The second kappa shape index (κ2) is 8.33. The first-order valence-electron chi connectivity index (χ1n) is 7.99. The number of amides is 1. The molecule has 0 atom stereocenters. The number of anilines is 1. The lowest BCUT2D eigenvalue weighted by Crippen LogP contribution is -2.27. The SMILES string of the molecule is Nc1c(C(=O)NCCc2ccc(Cl)cc2)nnn1Cc1ccc(Br)cc1.